The largest absolute Gasteiger partial charge is 0.493 e. The highest BCUT2D eigenvalue weighted by Gasteiger charge is 2.23. The molecule has 10 heteroatoms. The number of rotatable bonds is 3. The number of hydrogen-bond acceptors (Lipinski definition) is 6. The summed E-state index contributed by atoms with van der Waals surface area (Å²) in [6.45, 7) is 0. The van der Waals surface area contributed by atoms with E-state index in [4.69, 9.17) is 38.4 Å². The lowest BCUT2D eigenvalue weighted by Gasteiger charge is -2.12. The number of methoxy groups -OCH3 is 2. The highest BCUT2D eigenvalue weighted by atomic mass is 35.5. The van der Waals surface area contributed by atoms with Gasteiger partial charge in [-0.15, -0.1) is 10.2 Å². The average molecular weight is 379 g/mol. The summed E-state index contributed by atoms with van der Waals surface area (Å²) >= 11 is 13.0. The summed E-state index contributed by atoms with van der Waals surface area (Å²) in [5.41, 5.74) is 7.44. The number of nitrogens with one attached hydrogen (secondary N) is 1. The van der Waals surface area contributed by atoms with E-state index in [1.54, 1.807) is 24.7 Å². The molecular formula is C15H12Cl2N6O2. The van der Waals surface area contributed by atoms with Gasteiger partial charge in [-0.2, -0.15) is 5.10 Å². The maximum absolute atomic E-state index is 6.57. The van der Waals surface area contributed by atoms with Gasteiger partial charge in [-0.3, -0.25) is 9.50 Å². The number of nitrogens with two attached hydrogens (primary N) is 1. The number of nitrogen functional groups attached to an aromatic ring is 1. The van der Waals surface area contributed by atoms with Crippen molar-refractivity contribution in [2.24, 2.45) is 0 Å². The number of H-pyrrole nitrogens is 1. The van der Waals surface area contributed by atoms with Crippen LogP contribution in [0.5, 0.6) is 11.5 Å². The number of ether oxygens (including phenoxy) is 2. The molecule has 3 N–H and O–H groups in total. The molecule has 0 fully saturated rings. The summed E-state index contributed by atoms with van der Waals surface area (Å²) in [7, 11) is 3.11. The summed E-state index contributed by atoms with van der Waals surface area (Å²) in [6.07, 6.45) is 0. The molecule has 0 atom stereocenters. The topological polar surface area (TPSA) is 103 Å². The minimum atomic E-state index is 0.237. The fourth-order valence-electron chi connectivity index (χ4n) is 2.80. The number of anilines is 1. The van der Waals surface area contributed by atoms with E-state index in [9.17, 15) is 0 Å². The first-order chi connectivity index (χ1) is 12.1. The lowest BCUT2D eigenvalue weighted by atomic mass is 10.1. The van der Waals surface area contributed by atoms with Gasteiger partial charge in [0.25, 0.3) is 0 Å². The summed E-state index contributed by atoms with van der Waals surface area (Å²) < 4.78 is 12.4. The van der Waals surface area contributed by atoms with Crippen molar-refractivity contribution < 1.29 is 9.47 Å². The van der Waals surface area contributed by atoms with Gasteiger partial charge in [-0.1, -0.05) is 29.3 Å². The van der Waals surface area contributed by atoms with Crippen molar-refractivity contribution >= 4 is 45.6 Å². The van der Waals surface area contributed by atoms with Gasteiger partial charge in [0.15, 0.2) is 28.8 Å². The molecule has 0 unspecified atom stereocenters. The molecular weight excluding hydrogens is 367 g/mol. The first-order valence-corrected chi connectivity index (χ1v) is 7.91. The van der Waals surface area contributed by atoms with Crippen LogP contribution in [0.4, 0.5) is 5.82 Å². The molecule has 3 heterocycles. The van der Waals surface area contributed by atoms with Gasteiger partial charge in [0, 0.05) is 0 Å². The fourth-order valence-corrected chi connectivity index (χ4v) is 3.41. The van der Waals surface area contributed by atoms with Crippen molar-refractivity contribution in [1.82, 2.24) is 24.8 Å². The van der Waals surface area contributed by atoms with Crippen molar-refractivity contribution in [3.05, 3.63) is 28.4 Å². The summed E-state index contributed by atoms with van der Waals surface area (Å²) in [5.74, 6) is 1.75. The molecule has 0 aliphatic rings. The summed E-state index contributed by atoms with van der Waals surface area (Å²) in [5, 5.41) is 16.2. The third kappa shape index (κ3) is 2.11. The van der Waals surface area contributed by atoms with Gasteiger partial charge in [0.1, 0.15) is 10.2 Å². The smallest absolute Gasteiger partial charge is 0.183 e. The zero-order valence-electron chi connectivity index (χ0n) is 13.2. The molecule has 0 aliphatic heterocycles. The van der Waals surface area contributed by atoms with E-state index in [0.29, 0.717) is 49.6 Å². The molecule has 0 saturated heterocycles. The molecule has 0 amide bonds. The van der Waals surface area contributed by atoms with Gasteiger partial charge in [0.05, 0.1) is 30.7 Å². The zero-order valence-corrected chi connectivity index (χ0v) is 14.7. The Hall–Kier alpha value is -2.71. The van der Waals surface area contributed by atoms with Crippen LogP contribution in [-0.2, 0) is 0 Å². The molecule has 8 nitrogen and oxygen atoms in total. The molecule has 0 radical (unpaired) electrons. The Morgan fingerprint density at radius 3 is 2.68 bits per heavy atom. The van der Waals surface area contributed by atoms with E-state index < -0.39 is 0 Å². The zero-order chi connectivity index (χ0) is 17.7. The Balaban J connectivity index is 2.13. The number of para-hydroxylation sites is 1. The molecule has 0 bridgehead atoms. The second-order valence-corrected chi connectivity index (χ2v) is 5.92. The molecule has 0 saturated carbocycles. The number of hydrogen-bond donors (Lipinski definition) is 2. The normalized spacial score (nSPS) is 11.4. The van der Waals surface area contributed by atoms with Crippen molar-refractivity contribution in [1.29, 1.82) is 0 Å². The van der Waals surface area contributed by atoms with E-state index in [2.05, 4.69) is 20.4 Å². The SMILES string of the molecule is COc1cccc(-c2nnc3c(Cl)c4[nH]nc(N)c4c(Cl)n23)c1OC. The highest BCUT2D eigenvalue weighted by Crippen LogP contribution is 2.41. The van der Waals surface area contributed by atoms with E-state index in [-0.39, 0.29) is 5.82 Å². The lowest BCUT2D eigenvalue weighted by Crippen LogP contribution is -1.98. The maximum Gasteiger partial charge on any atom is 0.183 e. The summed E-state index contributed by atoms with van der Waals surface area (Å²) in [4.78, 5) is 0. The lowest BCUT2D eigenvalue weighted by molar-refractivity contribution is 0.356. The van der Waals surface area contributed by atoms with E-state index in [0.717, 1.165) is 0 Å². The Morgan fingerprint density at radius 1 is 1.16 bits per heavy atom. The molecule has 0 aliphatic carbocycles. The third-order valence-corrected chi connectivity index (χ3v) is 4.64. The first kappa shape index (κ1) is 15.8. The van der Waals surface area contributed by atoms with Crippen LogP contribution >= 0.6 is 23.2 Å². The Morgan fingerprint density at radius 2 is 1.96 bits per heavy atom. The Kier molecular flexibility index (Phi) is 3.59. The minimum absolute atomic E-state index is 0.237. The number of aromatic amines is 1. The number of fused-ring (bicyclic) bond motifs is 2. The van der Waals surface area contributed by atoms with Crippen molar-refractivity contribution in [3.8, 4) is 22.9 Å². The third-order valence-electron chi connectivity index (χ3n) is 3.92. The Labute approximate surface area is 151 Å². The second-order valence-electron chi connectivity index (χ2n) is 5.19. The van der Waals surface area contributed by atoms with Crippen LogP contribution in [0, 0.1) is 0 Å². The Bertz CT molecular complexity index is 1120. The second kappa shape index (κ2) is 5.68. The number of halogens is 2. The molecule has 4 aromatic rings. The molecule has 1 aromatic carbocycles. The first-order valence-electron chi connectivity index (χ1n) is 7.15. The van der Waals surface area contributed by atoms with Crippen LogP contribution < -0.4 is 15.2 Å². The number of benzene rings is 1. The maximum atomic E-state index is 6.57. The van der Waals surface area contributed by atoms with Crippen LogP contribution in [0.1, 0.15) is 0 Å². The predicted octanol–water partition coefficient (Wildman–Crippen LogP) is 3.18. The van der Waals surface area contributed by atoms with Gasteiger partial charge < -0.3 is 15.2 Å². The van der Waals surface area contributed by atoms with Gasteiger partial charge in [0.2, 0.25) is 0 Å². The van der Waals surface area contributed by atoms with Crippen molar-refractivity contribution in [3.63, 3.8) is 0 Å². The van der Waals surface area contributed by atoms with Gasteiger partial charge in [-0.25, -0.2) is 0 Å². The quantitative estimate of drug-likeness (QED) is 0.530. The van der Waals surface area contributed by atoms with Crippen molar-refractivity contribution in [2.75, 3.05) is 20.0 Å². The van der Waals surface area contributed by atoms with Crippen LogP contribution in [0.15, 0.2) is 18.2 Å². The number of pyridine rings is 1. The van der Waals surface area contributed by atoms with Gasteiger partial charge in [-0.05, 0) is 12.1 Å². The standard InChI is InChI=1S/C15H12Cl2N6O2/c1-24-7-5-3-4-6(11(7)25-2)14-21-22-15-9(16)10-8(12(17)23(14)15)13(18)20-19-10/h3-5,19H,1-2H3,(H2,18,20). The minimum Gasteiger partial charge on any atom is -0.493 e. The van der Waals surface area contributed by atoms with E-state index in [1.807, 2.05) is 12.1 Å². The van der Waals surface area contributed by atoms with Crippen LogP contribution in [0.25, 0.3) is 27.9 Å². The fraction of sp³-hybridized carbons (Fsp3) is 0.133. The molecule has 4 rings (SSSR count). The van der Waals surface area contributed by atoms with Crippen LogP contribution in [0.3, 0.4) is 0 Å². The summed E-state index contributed by atoms with van der Waals surface area (Å²) in [6, 6.07) is 5.43. The van der Waals surface area contributed by atoms with Crippen LogP contribution in [-0.4, -0.2) is 39.0 Å². The molecule has 25 heavy (non-hydrogen) atoms. The van der Waals surface area contributed by atoms with E-state index in [1.165, 1.54) is 0 Å². The predicted molar refractivity (Wildman–Crippen MR) is 95.6 cm³/mol. The van der Waals surface area contributed by atoms with Crippen LogP contribution in [0.2, 0.25) is 10.2 Å². The molecule has 128 valence electrons. The van der Waals surface area contributed by atoms with Crippen molar-refractivity contribution in [2.45, 2.75) is 0 Å². The van der Waals surface area contributed by atoms with Gasteiger partial charge >= 0.3 is 0 Å². The average Bonchev–Trinajstić information content (AvgIpc) is 3.23. The molecule has 0 spiro atoms. The highest BCUT2D eigenvalue weighted by molar-refractivity contribution is 6.42. The number of aromatic nitrogens is 5. The number of nitrogens with zero attached hydrogens (tertiary/aromatic N) is 4. The van der Waals surface area contributed by atoms with E-state index >= 15 is 0 Å². The molecule has 3 aromatic heterocycles. The monoisotopic (exact) mass is 378 g/mol.